The van der Waals surface area contributed by atoms with Crippen molar-refractivity contribution in [2.45, 2.75) is 43.7 Å². The largest absolute Gasteiger partial charge is 0.376 e. The van der Waals surface area contributed by atoms with E-state index in [9.17, 15) is 9.59 Å². The van der Waals surface area contributed by atoms with Gasteiger partial charge in [-0.1, -0.05) is 12.1 Å². The fourth-order valence-corrected chi connectivity index (χ4v) is 4.06. The van der Waals surface area contributed by atoms with Crippen molar-refractivity contribution in [1.82, 2.24) is 4.90 Å². The van der Waals surface area contributed by atoms with Crippen LogP contribution in [0.1, 0.15) is 32.1 Å². The highest BCUT2D eigenvalue weighted by atomic mass is 16.5. The number of hydrogen-bond acceptors (Lipinski definition) is 5. The van der Waals surface area contributed by atoms with Crippen LogP contribution in [0.15, 0.2) is 24.3 Å². The topological polar surface area (TPSA) is 79.9 Å². The van der Waals surface area contributed by atoms with E-state index in [1.54, 1.807) is 4.90 Å². The summed E-state index contributed by atoms with van der Waals surface area (Å²) in [5.74, 6) is -0.0312. The Kier molecular flexibility index (Phi) is 5.31. The Morgan fingerprint density at radius 2 is 2.00 bits per heavy atom. The van der Waals surface area contributed by atoms with Crippen LogP contribution in [0.25, 0.3) is 0 Å². The van der Waals surface area contributed by atoms with Crippen molar-refractivity contribution in [3.8, 4) is 0 Å². The van der Waals surface area contributed by atoms with Crippen molar-refractivity contribution in [1.29, 1.82) is 0 Å². The number of nitrogens with zero attached hydrogens (tertiary/aromatic N) is 1. The van der Waals surface area contributed by atoms with E-state index in [-0.39, 0.29) is 24.5 Å². The number of rotatable bonds is 4. The van der Waals surface area contributed by atoms with Gasteiger partial charge in [-0.3, -0.25) is 9.59 Å². The van der Waals surface area contributed by atoms with E-state index in [0.717, 1.165) is 37.2 Å². The van der Waals surface area contributed by atoms with Gasteiger partial charge in [0.25, 0.3) is 0 Å². The van der Waals surface area contributed by atoms with E-state index >= 15 is 0 Å². The van der Waals surface area contributed by atoms with E-state index in [4.69, 9.17) is 9.47 Å². The monoisotopic (exact) mass is 373 g/mol. The molecule has 2 N–H and O–H groups in total. The van der Waals surface area contributed by atoms with Gasteiger partial charge in [0.1, 0.15) is 12.1 Å². The molecule has 0 radical (unpaired) electrons. The summed E-state index contributed by atoms with van der Waals surface area (Å²) in [5.41, 5.74) is 1.11. The lowest BCUT2D eigenvalue weighted by atomic mass is 9.84. The number of likely N-dealkylation sites (tertiary alicyclic amines) is 1. The van der Waals surface area contributed by atoms with Gasteiger partial charge in [0, 0.05) is 19.7 Å². The van der Waals surface area contributed by atoms with Crippen molar-refractivity contribution in [2.75, 3.05) is 43.5 Å². The number of ether oxygens (including phenoxy) is 2. The number of piperidine rings is 1. The lowest BCUT2D eigenvalue weighted by Gasteiger charge is -2.44. The minimum atomic E-state index is -0.637. The maximum absolute atomic E-state index is 12.6. The second-order valence-electron chi connectivity index (χ2n) is 7.59. The first-order valence-corrected chi connectivity index (χ1v) is 9.82. The van der Waals surface area contributed by atoms with Gasteiger partial charge in [0.2, 0.25) is 11.8 Å². The number of benzene rings is 1. The minimum absolute atomic E-state index is 0.0148. The Labute approximate surface area is 159 Å². The van der Waals surface area contributed by atoms with Crippen LogP contribution in [0.5, 0.6) is 0 Å². The smallest absolute Gasteiger partial charge is 0.250 e. The Morgan fingerprint density at radius 1 is 1.22 bits per heavy atom. The Hall–Kier alpha value is -2.12. The zero-order valence-corrected chi connectivity index (χ0v) is 15.5. The van der Waals surface area contributed by atoms with Crippen LogP contribution >= 0.6 is 0 Å². The zero-order chi connectivity index (χ0) is 18.7. The number of nitrogens with one attached hydrogen (secondary N) is 2. The van der Waals surface area contributed by atoms with Crippen LogP contribution in [0.4, 0.5) is 11.4 Å². The zero-order valence-electron chi connectivity index (χ0n) is 15.5. The summed E-state index contributed by atoms with van der Waals surface area (Å²) in [7, 11) is 0. The second-order valence-corrected chi connectivity index (χ2v) is 7.59. The summed E-state index contributed by atoms with van der Waals surface area (Å²) in [5, 5.41) is 6.40. The molecule has 2 saturated heterocycles. The number of carbonyl (C=O) groups excluding carboxylic acids is 2. The number of hydrogen-bond donors (Lipinski definition) is 2. The van der Waals surface area contributed by atoms with E-state index in [0.29, 0.717) is 32.5 Å². The molecule has 0 saturated carbocycles. The van der Waals surface area contributed by atoms with Crippen LogP contribution in [0.3, 0.4) is 0 Å². The summed E-state index contributed by atoms with van der Waals surface area (Å²) in [6.07, 6.45) is 4.56. The minimum Gasteiger partial charge on any atom is -0.376 e. The van der Waals surface area contributed by atoms with E-state index in [1.165, 1.54) is 0 Å². The first-order valence-electron chi connectivity index (χ1n) is 9.82. The van der Waals surface area contributed by atoms with E-state index in [2.05, 4.69) is 10.6 Å². The molecule has 3 aliphatic heterocycles. The quantitative estimate of drug-likeness (QED) is 0.844. The third kappa shape index (κ3) is 3.94. The SMILES string of the molecule is O=C(COCC1CCCCO1)N1CCC2(CC1)Nc1ccccc1NC2=O. The molecule has 7 nitrogen and oxygen atoms in total. The predicted molar refractivity (Wildman–Crippen MR) is 102 cm³/mol. The molecule has 1 spiro atoms. The molecule has 1 atom stereocenters. The molecule has 2 amide bonds. The lowest BCUT2D eigenvalue weighted by molar-refractivity contribution is -0.141. The van der Waals surface area contributed by atoms with E-state index < -0.39 is 5.54 Å². The van der Waals surface area contributed by atoms with Crippen molar-refractivity contribution < 1.29 is 19.1 Å². The highest BCUT2D eigenvalue weighted by Crippen LogP contribution is 2.36. The van der Waals surface area contributed by atoms with Gasteiger partial charge in [-0.2, -0.15) is 0 Å². The molecular formula is C20H27N3O4. The third-order valence-corrected chi connectivity index (χ3v) is 5.76. The first kappa shape index (κ1) is 18.3. The molecular weight excluding hydrogens is 346 g/mol. The Bertz CT molecular complexity index is 694. The summed E-state index contributed by atoms with van der Waals surface area (Å²) in [4.78, 5) is 26.9. The molecule has 4 rings (SSSR count). The van der Waals surface area contributed by atoms with Gasteiger partial charge >= 0.3 is 0 Å². The molecule has 1 aromatic rings. The average molecular weight is 373 g/mol. The summed E-state index contributed by atoms with van der Waals surface area (Å²) in [6.45, 7) is 2.43. The molecule has 0 aromatic heterocycles. The number of fused-ring (bicyclic) bond motifs is 1. The van der Waals surface area contributed by atoms with Crippen molar-refractivity contribution in [3.63, 3.8) is 0 Å². The summed E-state index contributed by atoms with van der Waals surface area (Å²) in [6, 6.07) is 7.70. The second kappa shape index (κ2) is 7.86. The summed E-state index contributed by atoms with van der Waals surface area (Å²) < 4.78 is 11.2. The molecule has 3 heterocycles. The number of carbonyl (C=O) groups is 2. The maximum Gasteiger partial charge on any atom is 0.250 e. The third-order valence-electron chi connectivity index (χ3n) is 5.76. The Morgan fingerprint density at radius 3 is 2.74 bits per heavy atom. The maximum atomic E-state index is 12.6. The number of amides is 2. The van der Waals surface area contributed by atoms with E-state index in [1.807, 2.05) is 24.3 Å². The Balaban J connectivity index is 1.27. The molecule has 146 valence electrons. The van der Waals surface area contributed by atoms with Crippen molar-refractivity contribution in [3.05, 3.63) is 24.3 Å². The first-order chi connectivity index (χ1) is 13.2. The number of para-hydroxylation sites is 2. The fourth-order valence-electron chi connectivity index (χ4n) is 4.06. The van der Waals surface area contributed by atoms with Gasteiger partial charge in [-0.05, 0) is 44.2 Å². The van der Waals surface area contributed by atoms with Gasteiger partial charge in [-0.15, -0.1) is 0 Å². The highest BCUT2D eigenvalue weighted by Gasteiger charge is 2.44. The van der Waals surface area contributed by atoms with Crippen LogP contribution in [0, 0.1) is 0 Å². The van der Waals surface area contributed by atoms with Crippen molar-refractivity contribution >= 4 is 23.2 Å². The predicted octanol–water partition coefficient (Wildman–Crippen LogP) is 2.00. The lowest BCUT2D eigenvalue weighted by Crippen LogP contribution is -2.59. The average Bonchev–Trinajstić information content (AvgIpc) is 2.70. The standard InChI is InChI=1S/C20H27N3O4/c24-18(14-26-13-15-5-3-4-12-27-15)23-10-8-20(9-11-23)19(25)21-16-6-1-2-7-17(16)22-20/h1-2,6-7,15,22H,3-5,8-14H2,(H,21,25). The number of anilines is 2. The summed E-state index contributed by atoms with van der Waals surface area (Å²) >= 11 is 0. The van der Waals surface area contributed by atoms with Gasteiger partial charge in [-0.25, -0.2) is 0 Å². The molecule has 2 fully saturated rings. The van der Waals surface area contributed by atoms with Crippen molar-refractivity contribution in [2.24, 2.45) is 0 Å². The van der Waals surface area contributed by atoms with Gasteiger partial charge in [0.05, 0.1) is 24.1 Å². The van der Waals surface area contributed by atoms with Crippen LogP contribution in [0.2, 0.25) is 0 Å². The highest BCUT2D eigenvalue weighted by molar-refractivity contribution is 6.06. The molecule has 1 unspecified atom stereocenters. The molecule has 1 aromatic carbocycles. The fraction of sp³-hybridized carbons (Fsp3) is 0.600. The molecule has 0 bridgehead atoms. The molecule has 7 heteroatoms. The molecule has 3 aliphatic rings. The normalized spacial score (nSPS) is 24.1. The van der Waals surface area contributed by atoms with Crippen LogP contribution < -0.4 is 10.6 Å². The molecule has 0 aliphatic carbocycles. The van der Waals surface area contributed by atoms with Gasteiger partial charge in [0.15, 0.2) is 0 Å². The van der Waals surface area contributed by atoms with Crippen LogP contribution in [-0.4, -0.2) is 61.3 Å². The van der Waals surface area contributed by atoms with Crippen LogP contribution in [-0.2, 0) is 19.1 Å². The van der Waals surface area contributed by atoms with Gasteiger partial charge < -0.3 is 25.0 Å². The molecule has 27 heavy (non-hydrogen) atoms.